The maximum atomic E-state index is 5.87. The highest BCUT2D eigenvalue weighted by atomic mass is 79.9. The molecule has 4 heteroatoms. The molecule has 0 aliphatic rings. The maximum Gasteiger partial charge on any atom is 0.112 e. The molecule has 0 aliphatic carbocycles. The minimum atomic E-state index is 0. The highest BCUT2D eigenvalue weighted by Gasteiger charge is 2.18. The van der Waals surface area contributed by atoms with Gasteiger partial charge in [0, 0.05) is 5.03 Å². The summed E-state index contributed by atoms with van der Waals surface area (Å²) in [6, 6.07) is 0. The van der Waals surface area contributed by atoms with E-state index >= 15 is 0 Å². The Morgan fingerprint density at radius 1 is 1.31 bits per heavy atom. The largest absolute Gasteiger partial charge is 1.00 e. The smallest absolute Gasteiger partial charge is 0.112 e. The number of nitrogens with zero attached hydrogens (tertiary/aromatic N) is 1. The molecule has 0 unspecified atom stereocenters. The number of likely N-dealkylation sites (N-methyl/N-ethyl adjacent to an activating group) is 1. The second-order valence-electron chi connectivity index (χ2n) is 3.35. The van der Waals surface area contributed by atoms with Crippen molar-refractivity contribution in [3.63, 3.8) is 0 Å². The standard InChI is InChI=1S/C9H18BrClN.BrH/c1-5-12(4,6-2)7-9(10)8(3)11;/h5-7H2,1-4H3;1H/q+1;/p-1/b9-8+;. The molecule has 0 radical (unpaired) electrons. The first-order valence-electron chi connectivity index (χ1n) is 4.29. The van der Waals surface area contributed by atoms with Gasteiger partial charge in [-0.3, -0.25) is 0 Å². The molecule has 80 valence electrons. The molecule has 0 saturated heterocycles. The first-order valence-corrected chi connectivity index (χ1v) is 5.46. The molecule has 0 aromatic rings. The van der Waals surface area contributed by atoms with Gasteiger partial charge >= 0.3 is 0 Å². The summed E-state index contributed by atoms with van der Waals surface area (Å²) in [6.45, 7) is 9.58. The fourth-order valence-electron chi connectivity index (χ4n) is 0.891. The number of halogens is 3. The zero-order valence-electron chi connectivity index (χ0n) is 8.70. The molecular weight excluding hydrogens is 317 g/mol. The van der Waals surface area contributed by atoms with Crippen LogP contribution in [-0.4, -0.2) is 31.2 Å². The first-order chi connectivity index (χ1) is 5.45. The third-order valence-corrected chi connectivity index (χ3v) is 3.72. The van der Waals surface area contributed by atoms with Crippen molar-refractivity contribution in [1.82, 2.24) is 0 Å². The summed E-state index contributed by atoms with van der Waals surface area (Å²) < 4.78 is 2.15. The first kappa shape index (κ1) is 16.4. The van der Waals surface area contributed by atoms with Crippen molar-refractivity contribution >= 4 is 27.5 Å². The fraction of sp³-hybridized carbons (Fsp3) is 0.778. The summed E-state index contributed by atoms with van der Waals surface area (Å²) in [7, 11) is 2.24. The van der Waals surface area contributed by atoms with E-state index < -0.39 is 0 Å². The predicted octanol–water partition coefficient (Wildman–Crippen LogP) is 0.342. The van der Waals surface area contributed by atoms with Gasteiger partial charge in [0.15, 0.2) is 0 Å². The van der Waals surface area contributed by atoms with Crippen LogP contribution < -0.4 is 17.0 Å². The number of hydrogen-bond donors (Lipinski definition) is 0. The molecule has 0 spiro atoms. The molecular formula is C9H18Br2ClN. The highest BCUT2D eigenvalue weighted by Crippen LogP contribution is 2.19. The number of quaternary nitrogens is 1. The van der Waals surface area contributed by atoms with Crippen molar-refractivity contribution in [3.05, 3.63) is 9.51 Å². The quantitative estimate of drug-likeness (QED) is 0.650. The Morgan fingerprint density at radius 3 is 1.92 bits per heavy atom. The molecule has 0 heterocycles. The zero-order valence-corrected chi connectivity index (χ0v) is 12.6. The van der Waals surface area contributed by atoms with Crippen molar-refractivity contribution < 1.29 is 21.5 Å². The van der Waals surface area contributed by atoms with Gasteiger partial charge in [0.05, 0.1) is 24.6 Å². The second-order valence-corrected chi connectivity index (χ2v) is 4.87. The second kappa shape index (κ2) is 7.27. The van der Waals surface area contributed by atoms with E-state index in [9.17, 15) is 0 Å². The van der Waals surface area contributed by atoms with E-state index in [0.717, 1.165) is 33.6 Å². The van der Waals surface area contributed by atoms with Gasteiger partial charge in [-0.25, -0.2) is 0 Å². The van der Waals surface area contributed by atoms with Crippen molar-refractivity contribution in [2.75, 3.05) is 26.7 Å². The van der Waals surface area contributed by atoms with E-state index in [1.807, 2.05) is 6.92 Å². The Hall–Kier alpha value is 0.950. The summed E-state index contributed by atoms with van der Waals surface area (Å²) in [4.78, 5) is 0. The summed E-state index contributed by atoms with van der Waals surface area (Å²) in [5.41, 5.74) is 0. The molecule has 0 bridgehead atoms. The van der Waals surface area contributed by atoms with Gasteiger partial charge in [-0.15, -0.1) is 0 Å². The van der Waals surface area contributed by atoms with Crippen LogP contribution in [0.4, 0.5) is 0 Å². The molecule has 0 saturated carbocycles. The van der Waals surface area contributed by atoms with Crippen LogP contribution in [-0.2, 0) is 0 Å². The molecule has 0 rings (SSSR count). The maximum absolute atomic E-state index is 5.87. The van der Waals surface area contributed by atoms with Crippen LogP contribution in [0.1, 0.15) is 20.8 Å². The van der Waals surface area contributed by atoms with Gasteiger partial charge in [-0.2, -0.15) is 0 Å². The Morgan fingerprint density at radius 2 is 1.69 bits per heavy atom. The lowest BCUT2D eigenvalue weighted by Crippen LogP contribution is -3.00. The minimum Gasteiger partial charge on any atom is -1.00 e. The van der Waals surface area contributed by atoms with Crippen molar-refractivity contribution in [2.24, 2.45) is 0 Å². The lowest BCUT2D eigenvalue weighted by Gasteiger charge is -2.32. The molecule has 0 fully saturated rings. The highest BCUT2D eigenvalue weighted by molar-refractivity contribution is 9.11. The monoisotopic (exact) mass is 333 g/mol. The number of rotatable bonds is 4. The minimum absolute atomic E-state index is 0. The van der Waals surface area contributed by atoms with Crippen LogP contribution in [0.15, 0.2) is 9.51 Å². The van der Waals surface area contributed by atoms with Gasteiger partial charge in [0.1, 0.15) is 6.54 Å². The number of hydrogen-bond acceptors (Lipinski definition) is 0. The van der Waals surface area contributed by atoms with Gasteiger partial charge in [-0.1, -0.05) is 11.6 Å². The predicted molar refractivity (Wildman–Crippen MR) is 59.6 cm³/mol. The average molecular weight is 336 g/mol. The lowest BCUT2D eigenvalue weighted by molar-refractivity contribution is -0.900. The van der Waals surface area contributed by atoms with E-state index in [1.54, 1.807) is 0 Å². The Bertz CT molecular complexity index is 172. The molecule has 0 N–H and O–H groups in total. The Labute approximate surface area is 106 Å². The molecule has 13 heavy (non-hydrogen) atoms. The molecule has 0 aromatic heterocycles. The van der Waals surface area contributed by atoms with Crippen LogP contribution in [0.2, 0.25) is 0 Å². The van der Waals surface area contributed by atoms with Gasteiger partial charge in [0.25, 0.3) is 0 Å². The lowest BCUT2D eigenvalue weighted by atomic mass is 10.3. The summed E-state index contributed by atoms with van der Waals surface area (Å²) in [5, 5.41) is 0.862. The van der Waals surface area contributed by atoms with Gasteiger partial charge in [0.2, 0.25) is 0 Å². The van der Waals surface area contributed by atoms with Crippen molar-refractivity contribution in [3.8, 4) is 0 Å². The number of allylic oxidation sites excluding steroid dienone is 1. The molecule has 0 atom stereocenters. The van der Waals surface area contributed by atoms with E-state index in [0.29, 0.717) is 0 Å². The summed E-state index contributed by atoms with van der Waals surface area (Å²) >= 11 is 9.36. The normalized spacial score (nSPS) is 13.4. The van der Waals surface area contributed by atoms with Crippen LogP contribution in [0.25, 0.3) is 0 Å². The SMILES string of the molecule is CC[N+](C)(CC)C/C(Br)=C(/C)Cl.[Br-]. The van der Waals surface area contributed by atoms with Gasteiger partial charge < -0.3 is 21.5 Å². The molecule has 0 aliphatic heterocycles. The molecule has 1 nitrogen and oxygen atoms in total. The van der Waals surface area contributed by atoms with E-state index in [4.69, 9.17) is 11.6 Å². The molecule has 0 amide bonds. The Kier molecular flexibility index (Phi) is 9.16. The fourth-order valence-corrected chi connectivity index (χ4v) is 1.56. The summed E-state index contributed by atoms with van der Waals surface area (Å²) in [5.74, 6) is 0. The van der Waals surface area contributed by atoms with Crippen molar-refractivity contribution in [2.45, 2.75) is 20.8 Å². The zero-order chi connectivity index (χ0) is 9.78. The van der Waals surface area contributed by atoms with Crippen LogP contribution in [0, 0.1) is 0 Å². The van der Waals surface area contributed by atoms with Crippen molar-refractivity contribution in [1.29, 1.82) is 0 Å². The van der Waals surface area contributed by atoms with E-state index in [1.165, 1.54) is 0 Å². The third-order valence-electron chi connectivity index (χ3n) is 2.42. The van der Waals surface area contributed by atoms with Crippen LogP contribution >= 0.6 is 27.5 Å². The van der Waals surface area contributed by atoms with E-state index in [2.05, 4.69) is 36.8 Å². The summed E-state index contributed by atoms with van der Waals surface area (Å²) in [6.07, 6.45) is 0. The average Bonchev–Trinajstić information content (AvgIpc) is 2.04. The van der Waals surface area contributed by atoms with Gasteiger partial charge in [-0.05, 0) is 36.7 Å². The van der Waals surface area contributed by atoms with E-state index in [-0.39, 0.29) is 17.0 Å². The van der Waals surface area contributed by atoms with Crippen LogP contribution in [0.3, 0.4) is 0 Å². The van der Waals surface area contributed by atoms with Crippen LogP contribution in [0.5, 0.6) is 0 Å². The third kappa shape index (κ3) is 6.10. The Balaban J connectivity index is 0. The molecule has 0 aromatic carbocycles. The topological polar surface area (TPSA) is 0 Å².